The maximum atomic E-state index is 13.1. The Morgan fingerprint density at radius 2 is 1.96 bits per heavy atom. The molecule has 1 aliphatic rings. The van der Waals surface area contributed by atoms with Crippen molar-refractivity contribution in [2.75, 3.05) is 18.0 Å². The molecule has 0 bridgehead atoms. The van der Waals surface area contributed by atoms with Crippen LogP contribution in [0.4, 0.5) is 10.2 Å². The van der Waals surface area contributed by atoms with E-state index >= 15 is 0 Å². The predicted octanol–water partition coefficient (Wildman–Crippen LogP) is 3.92. The van der Waals surface area contributed by atoms with Crippen LogP contribution in [0, 0.1) is 5.82 Å². The molecule has 2 aromatic carbocycles. The first-order valence-electron chi connectivity index (χ1n) is 9.17. The van der Waals surface area contributed by atoms with Crippen LogP contribution in [0.5, 0.6) is 0 Å². The van der Waals surface area contributed by atoms with Crippen LogP contribution in [0.3, 0.4) is 0 Å². The second kappa shape index (κ2) is 8.14. The summed E-state index contributed by atoms with van der Waals surface area (Å²) in [5, 5.41) is 10.5. The highest BCUT2D eigenvalue weighted by Crippen LogP contribution is 2.24. The van der Waals surface area contributed by atoms with Crippen molar-refractivity contribution in [1.82, 2.24) is 15.5 Å². The molecule has 144 valence electrons. The Labute approximate surface area is 171 Å². The van der Waals surface area contributed by atoms with E-state index in [-0.39, 0.29) is 17.8 Å². The topological polar surface area (TPSA) is 61.0 Å². The smallest absolute Gasteiger partial charge is 0.224 e. The molecule has 0 spiro atoms. The van der Waals surface area contributed by atoms with E-state index in [9.17, 15) is 9.18 Å². The molecule has 1 aromatic heterocycles. The lowest BCUT2D eigenvalue weighted by Crippen LogP contribution is -2.38. The highest BCUT2D eigenvalue weighted by molar-refractivity contribution is 9.10. The van der Waals surface area contributed by atoms with Crippen LogP contribution >= 0.6 is 15.9 Å². The van der Waals surface area contributed by atoms with Gasteiger partial charge in [-0.05, 0) is 53.9 Å². The summed E-state index contributed by atoms with van der Waals surface area (Å²) in [6.45, 7) is 1.55. The molecule has 1 atom stereocenters. The Kier molecular flexibility index (Phi) is 5.43. The molecule has 0 aliphatic carbocycles. The number of benzene rings is 2. The van der Waals surface area contributed by atoms with Crippen molar-refractivity contribution < 1.29 is 9.18 Å². The molecule has 1 saturated heterocycles. The standard InChI is InChI=1S/C21H20BrFN4O/c22-16-5-1-14(2-6-16)11-21(28)24-18-9-10-27(13-18)20-12-19(25-26-20)15-3-7-17(23)8-4-15/h1-8,12,18H,9-11,13H2,(H,24,28)(H,25,26). The largest absolute Gasteiger partial charge is 0.353 e. The second-order valence-corrected chi connectivity index (χ2v) is 7.86. The average Bonchev–Trinajstić information content (AvgIpc) is 3.34. The summed E-state index contributed by atoms with van der Waals surface area (Å²) < 4.78 is 14.1. The summed E-state index contributed by atoms with van der Waals surface area (Å²) in [7, 11) is 0. The van der Waals surface area contributed by atoms with Crippen molar-refractivity contribution in [2.24, 2.45) is 0 Å². The van der Waals surface area contributed by atoms with Gasteiger partial charge < -0.3 is 10.2 Å². The van der Waals surface area contributed by atoms with E-state index in [2.05, 4.69) is 36.3 Å². The summed E-state index contributed by atoms with van der Waals surface area (Å²) in [5.41, 5.74) is 2.73. The lowest BCUT2D eigenvalue weighted by molar-refractivity contribution is -0.121. The maximum absolute atomic E-state index is 13.1. The van der Waals surface area contributed by atoms with E-state index in [0.717, 1.165) is 46.6 Å². The van der Waals surface area contributed by atoms with Crippen LogP contribution in [0.1, 0.15) is 12.0 Å². The molecular weight excluding hydrogens is 423 g/mol. The van der Waals surface area contributed by atoms with Crippen molar-refractivity contribution >= 4 is 27.7 Å². The predicted molar refractivity (Wildman–Crippen MR) is 111 cm³/mol. The van der Waals surface area contributed by atoms with Gasteiger partial charge in [0.2, 0.25) is 5.91 Å². The van der Waals surface area contributed by atoms with Gasteiger partial charge in [-0.3, -0.25) is 9.89 Å². The van der Waals surface area contributed by atoms with Gasteiger partial charge in [0, 0.05) is 29.7 Å². The van der Waals surface area contributed by atoms with E-state index in [1.165, 1.54) is 12.1 Å². The number of nitrogens with zero attached hydrogens (tertiary/aromatic N) is 2. The number of nitrogens with one attached hydrogen (secondary N) is 2. The minimum Gasteiger partial charge on any atom is -0.353 e. The zero-order valence-electron chi connectivity index (χ0n) is 15.2. The summed E-state index contributed by atoms with van der Waals surface area (Å²) in [6, 6.07) is 16.2. The Balaban J connectivity index is 1.33. The normalized spacial score (nSPS) is 16.4. The van der Waals surface area contributed by atoms with Gasteiger partial charge in [-0.15, -0.1) is 0 Å². The number of amides is 1. The van der Waals surface area contributed by atoms with Gasteiger partial charge in [0.15, 0.2) is 5.82 Å². The number of aromatic amines is 1. The number of carbonyl (C=O) groups excluding carboxylic acids is 1. The Morgan fingerprint density at radius 3 is 2.71 bits per heavy atom. The van der Waals surface area contributed by atoms with Crippen molar-refractivity contribution in [3.63, 3.8) is 0 Å². The molecule has 0 radical (unpaired) electrons. The number of hydrogen-bond acceptors (Lipinski definition) is 3. The summed E-state index contributed by atoms with van der Waals surface area (Å²) in [5.74, 6) is 0.608. The fraction of sp³-hybridized carbons (Fsp3) is 0.238. The number of H-pyrrole nitrogens is 1. The van der Waals surface area contributed by atoms with Gasteiger partial charge in [-0.2, -0.15) is 5.10 Å². The SMILES string of the molecule is O=C(Cc1ccc(Br)cc1)NC1CCN(c2cc(-c3ccc(F)cc3)[nH]n2)C1. The fourth-order valence-corrected chi connectivity index (χ4v) is 3.67. The first-order valence-corrected chi connectivity index (χ1v) is 9.96. The monoisotopic (exact) mass is 442 g/mol. The maximum Gasteiger partial charge on any atom is 0.224 e. The summed E-state index contributed by atoms with van der Waals surface area (Å²) >= 11 is 3.40. The van der Waals surface area contributed by atoms with Crippen molar-refractivity contribution in [3.8, 4) is 11.3 Å². The first-order chi connectivity index (χ1) is 13.6. The highest BCUT2D eigenvalue weighted by Gasteiger charge is 2.25. The summed E-state index contributed by atoms with van der Waals surface area (Å²) in [4.78, 5) is 14.5. The van der Waals surface area contributed by atoms with Gasteiger partial charge >= 0.3 is 0 Å². The molecule has 1 amide bonds. The van der Waals surface area contributed by atoms with Crippen LogP contribution in [0.15, 0.2) is 59.1 Å². The molecule has 1 unspecified atom stereocenters. The highest BCUT2D eigenvalue weighted by atomic mass is 79.9. The van der Waals surface area contributed by atoms with E-state index in [4.69, 9.17) is 0 Å². The molecule has 5 nitrogen and oxygen atoms in total. The fourth-order valence-electron chi connectivity index (χ4n) is 3.40. The molecule has 2 heterocycles. The molecule has 2 N–H and O–H groups in total. The summed E-state index contributed by atoms with van der Waals surface area (Å²) in [6.07, 6.45) is 1.26. The lowest BCUT2D eigenvalue weighted by atomic mass is 10.1. The van der Waals surface area contributed by atoms with Crippen molar-refractivity contribution in [2.45, 2.75) is 18.9 Å². The van der Waals surface area contributed by atoms with Gasteiger partial charge in [0.25, 0.3) is 0 Å². The molecule has 0 saturated carbocycles. The number of anilines is 1. The minimum atomic E-state index is -0.259. The third kappa shape index (κ3) is 4.42. The molecule has 28 heavy (non-hydrogen) atoms. The van der Waals surface area contributed by atoms with E-state index in [0.29, 0.717) is 6.42 Å². The zero-order valence-corrected chi connectivity index (χ0v) is 16.7. The first kappa shape index (κ1) is 18.7. The third-order valence-electron chi connectivity index (χ3n) is 4.87. The van der Waals surface area contributed by atoms with Crippen LogP contribution in [0.2, 0.25) is 0 Å². The second-order valence-electron chi connectivity index (χ2n) is 6.95. The molecule has 3 aromatic rings. The van der Waals surface area contributed by atoms with Crippen LogP contribution in [0.25, 0.3) is 11.3 Å². The lowest BCUT2D eigenvalue weighted by Gasteiger charge is -2.16. The number of halogens is 2. The molecule has 7 heteroatoms. The molecule has 1 fully saturated rings. The van der Waals surface area contributed by atoms with Crippen LogP contribution in [-0.2, 0) is 11.2 Å². The van der Waals surface area contributed by atoms with E-state index in [1.807, 2.05) is 30.3 Å². The Morgan fingerprint density at radius 1 is 1.21 bits per heavy atom. The Bertz CT molecular complexity index is 955. The molecule has 1 aliphatic heterocycles. The van der Waals surface area contributed by atoms with Crippen molar-refractivity contribution in [1.29, 1.82) is 0 Å². The number of carbonyl (C=O) groups is 1. The van der Waals surface area contributed by atoms with Gasteiger partial charge in [-0.1, -0.05) is 28.1 Å². The van der Waals surface area contributed by atoms with E-state index in [1.54, 1.807) is 12.1 Å². The van der Waals surface area contributed by atoms with Gasteiger partial charge in [-0.25, -0.2) is 4.39 Å². The quantitative estimate of drug-likeness (QED) is 0.629. The molecular formula is C21H20BrFN4O. The van der Waals surface area contributed by atoms with Gasteiger partial charge in [0.05, 0.1) is 12.1 Å². The van der Waals surface area contributed by atoms with Gasteiger partial charge in [0.1, 0.15) is 5.82 Å². The van der Waals surface area contributed by atoms with Crippen molar-refractivity contribution in [3.05, 3.63) is 70.5 Å². The van der Waals surface area contributed by atoms with Crippen LogP contribution in [-0.4, -0.2) is 35.2 Å². The molecule has 4 rings (SSSR count). The average molecular weight is 443 g/mol. The zero-order chi connectivity index (χ0) is 19.5. The number of aromatic nitrogens is 2. The van der Waals surface area contributed by atoms with E-state index < -0.39 is 0 Å². The Hall–Kier alpha value is -2.67. The number of hydrogen-bond donors (Lipinski definition) is 2. The van der Waals surface area contributed by atoms with Crippen LogP contribution < -0.4 is 10.2 Å². The number of rotatable bonds is 5. The third-order valence-corrected chi connectivity index (χ3v) is 5.40. The minimum absolute atomic E-state index is 0.0307.